The Labute approximate surface area is 101 Å². The molecule has 0 aliphatic rings. The Morgan fingerprint density at radius 2 is 2.29 bits per heavy atom. The number of nitrogens with two attached hydrogens (primary N) is 1. The van der Waals surface area contributed by atoms with Crippen LogP contribution in [-0.4, -0.2) is 15.3 Å². The molecular weight excluding hydrogens is 243 g/mol. The van der Waals surface area contributed by atoms with Gasteiger partial charge >= 0.3 is 0 Å². The van der Waals surface area contributed by atoms with Crippen LogP contribution >= 0.6 is 11.5 Å². The van der Waals surface area contributed by atoms with Gasteiger partial charge in [-0.25, -0.2) is 9.37 Å². The van der Waals surface area contributed by atoms with Gasteiger partial charge < -0.3 is 5.73 Å². The van der Waals surface area contributed by atoms with Crippen LogP contribution in [0.1, 0.15) is 16.2 Å². The standard InChI is InChI=1S/C10H9FN4OS/c1-5-13-10(17-15-5)14-9(16)7-4-6(11)2-3-8(7)12/h2-4H,12H2,1H3,(H,13,14,15,16). The van der Waals surface area contributed by atoms with Crippen molar-refractivity contribution in [3.8, 4) is 0 Å². The first-order valence-corrected chi connectivity index (χ1v) is 5.50. The summed E-state index contributed by atoms with van der Waals surface area (Å²) in [6.07, 6.45) is 0. The SMILES string of the molecule is Cc1nsc(NC(=O)c2cc(F)ccc2N)n1. The van der Waals surface area contributed by atoms with Crippen molar-refractivity contribution < 1.29 is 9.18 Å². The van der Waals surface area contributed by atoms with Crippen LogP contribution in [0, 0.1) is 12.7 Å². The Hall–Kier alpha value is -2.02. The Morgan fingerprint density at radius 3 is 2.94 bits per heavy atom. The molecule has 3 N–H and O–H groups in total. The first kappa shape index (κ1) is 11.5. The minimum absolute atomic E-state index is 0.0813. The van der Waals surface area contributed by atoms with Crippen LogP contribution in [0.3, 0.4) is 0 Å². The lowest BCUT2D eigenvalue weighted by Crippen LogP contribution is -2.14. The van der Waals surface area contributed by atoms with Crippen molar-refractivity contribution in [2.45, 2.75) is 6.92 Å². The normalized spacial score (nSPS) is 10.2. The summed E-state index contributed by atoms with van der Waals surface area (Å²) < 4.78 is 16.9. The summed E-state index contributed by atoms with van der Waals surface area (Å²) in [5.74, 6) is -0.451. The van der Waals surface area contributed by atoms with Crippen molar-refractivity contribution in [1.29, 1.82) is 0 Å². The van der Waals surface area contributed by atoms with E-state index in [0.717, 1.165) is 17.6 Å². The first-order chi connectivity index (χ1) is 8.06. The highest BCUT2D eigenvalue weighted by molar-refractivity contribution is 7.09. The predicted molar refractivity (Wildman–Crippen MR) is 63.4 cm³/mol. The lowest BCUT2D eigenvalue weighted by atomic mass is 10.1. The van der Waals surface area contributed by atoms with Crippen molar-refractivity contribution in [2.75, 3.05) is 11.1 Å². The highest BCUT2D eigenvalue weighted by Gasteiger charge is 2.12. The Kier molecular flexibility index (Phi) is 3.01. The summed E-state index contributed by atoms with van der Waals surface area (Å²) >= 11 is 1.05. The number of aryl methyl sites for hydroxylation is 1. The Morgan fingerprint density at radius 1 is 1.53 bits per heavy atom. The number of nitrogen functional groups attached to an aromatic ring is 1. The molecule has 1 heterocycles. The molecular formula is C10H9FN4OS. The van der Waals surface area contributed by atoms with Gasteiger partial charge in [-0.15, -0.1) is 0 Å². The number of carbonyl (C=O) groups is 1. The van der Waals surface area contributed by atoms with Gasteiger partial charge in [-0.2, -0.15) is 4.37 Å². The van der Waals surface area contributed by atoms with E-state index in [1.807, 2.05) is 0 Å². The molecule has 1 amide bonds. The molecule has 0 bridgehead atoms. The van der Waals surface area contributed by atoms with Gasteiger partial charge in [0, 0.05) is 17.2 Å². The van der Waals surface area contributed by atoms with Gasteiger partial charge in [0.25, 0.3) is 5.91 Å². The van der Waals surface area contributed by atoms with Gasteiger partial charge in [-0.3, -0.25) is 10.1 Å². The average Bonchev–Trinajstić information content (AvgIpc) is 2.67. The molecule has 0 radical (unpaired) electrons. The van der Waals surface area contributed by atoms with Gasteiger partial charge in [-0.1, -0.05) is 0 Å². The summed E-state index contributed by atoms with van der Waals surface area (Å²) in [5, 5.41) is 2.86. The molecule has 1 aromatic heterocycles. The number of halogens is 1. The van der Waals surface area contributed by atoms with E-state index in [4.69, 9.17) is 5.73 Å². The maximum absolute atomic E-state index is 13.0. The zero-order valence-corrected chi connectivity index (χ0v) is 9.71. The van der Waals surface area contributed by atoms with E-state index in [2.05, 4.69) is 14.7 Å². The fraction of sp³-hybridized carbons (Fsp3) is 0.100. The second-order valence-corrected chi connectivity index (χ2v) is 4.08. The molecule has 0 fully saturated rings. The number of aromatic nitrogens is 2. The molecule has 0 spiro atoms. The third-order valence-electron chi connectivity index (χ3n) is 2.01. The van der Waals surface area contributed by atoms with Crippen molar-refractivity contribution in [3.05, 3.63) is 35.4 Å². The third-order valence-corrected chi connectivity index (χ3v) is 2.73. The van der Waals surface area contributed by atoms with Crippen LogP contribution in [-0.2, 0) is 0 Å². The lowest BCUT2D eigenvalue weighted by Gasteiger charge is -2.04. The van der Waals surface area contributed by atoms with Crippen molar-refractivity contribution in [1.82, 2.24) is 9.36 Å². The van der Waals surface area contributed by atoms with Gasteiger partial charge in [0.15, 0.2) is 0 Å². The average molecular weight is 252 g/mol. The van der Waals surface area contributed by atoms with Crippen molar-refractivity contribution in [3.63, 3.8) is 0 Å². The summed E-state index contributed by atoms with van der Waals surface area (Å²) in [6, 6.07) is 3.62. The largest absolute Gasteiger partial charge is 0.398 e. The zero-order valence-electron chi connectivity index (χ0n) is 8.90. The summed E-state index contributed by atoms with van der Waals surface area (Å²) in [6.45, 7) is 1.71. The highest BCUT2D eigenvalue weighted by atomic mass is 32.1. The molecule has 1 aromatic carbocycles. The van der Waals surface area contributed by atoms with Gasteiger partial charge in [0.2, 0.25) is 5.13 Å². The van der Waals surface area contributed by atoms with E-state index in [1.54, 1.807) is 6.92 Å². The van der Waals surface area contributed by atoms with Crippen molar-refractivity contribution >= 4 is 28.3 Å². The van der Waals surface area contributed by atoms with Crippen LogP contribution < -0.4 is 11.1 Å². The quantitative estimate of drug-likeness (QED) is 0.799. The lowest BCUT2D eigenvalue weighted by molar-refractivity contribution is 0.102. The number of hydrogen-bond donors (Lipinski definition) is 2. The maximum atomic E-state index is 13.0. The van der Waals surface area contributed by atoms with E-state index in [1.165, 1.54) is 12.1 Å². The van der Waals surface area contributed by atoms with E-state index in [0.29, 0.717) is 11.0 Å². The van der Waals surface area contributed by atoms with E-state index >= 15 is 0 Å². The van der Waals surface area contributed by atoms with Crippen LogP contribution in [0.5, 0.6) is 0 Å². The number of rotatable bonds is 2. The monoisotopic (exact) mass is 252 g/mol. The maximum Gasteiger partial charge on any atom is 0.259 e. The number of carbonyl (C=O) groups excluding carboxylic acids is 1. The molecule has 0 aliphatic carbocycles. The van der Waals surface area contributed by atoms with Gasteiger partial charge in [0.1, 0.15) is 11.6 Å². The van der Waals surface area contributed by atoms with Crippen LogP contribution in [0.4, 0.5) is 15.2 Å². The summed E-state index contributed by atoms with van der Waals surface area (Å²) in [4.78, 5) is 15.7. The Balaban J connectivity index is 2.22. The minimum atomic E-state index is -0.516. The Bertz CT molecular complexity index is 569. The highest BCUT2D eigenvalue weighted by Crippen LogP contribution is 2.17. The number of nitrogens with one attached hydrogen (secondary N) is 1. The van der Waals surface area contributed by atoms with Crippen LogP contribution in [0.2, 0.25) is 0 Å². The summed E-state index contributed by atoms with van der Waals surface area (Å²) in [5.41, 5.74) is 5.88. The van der Waals surface area contributed by atoms with E-state index in [-0.39, 0.29) is 11.3 Å². The molecule has 0 saturated carbocycles. The van der Waals surface area contributed by atoms with Crippen LogP contribution in [0.25, 0.3) is 0 Å². The topological polar surface area (TPSA) is 80.9 Å². The van der Waals surface area contributed by atoms with E-state index in [9.17, 15) is 9.18 Å². The smallest absolute Gasteiger partial charge is 0.259 e. The number of nitrogens with zero attached hydrogens (tertiary/aromatic N) is 2. The fourth-order valence-electron chi connectivity index (χ4n) is 1.24. The van der Waals surface area contributed by atoms with E-state index < -0.39 is 11.7 Å². The molecule has 0 atom stereocenters. The number of benzene rings is 1. The minimum Gasteiger partial charge on any atom is -0.398 e. The summed E-state index contributed by atoms with van der Waals surface area (Å²) in [7, 11) is 0. The molecule has 88 valence electrons. The number of hydrogen-bond acceptors (Lipinski definition) is 5. The molecule has 0 saturated heterocycles. The first-order valence-electron chi connectivity index (χ1n) is 4.73. The van der Waals surface area contributed by atoms with Crippen LogP contribution in [0.15, 0.2) is 18.2 Å². The predicted octanol–water partition coefficient (Wildman–Crippen LogP) is 1.82. The molecule has 17 heavy (non-hydrogen) atoms. The van der Waals surface area contributed by atoms with Gasteiger partial charge in [-0.05, 0) is 25.1 Å². The number of anilines is 2. The third kappa shape index (κ3) is 2.56. The molecule has 0 aliphatic heterocycles. The zero-order chi connectivity index (χ0) is 12.4. The molecule has 2 aromatic rings. The molecule has 2 rings (SSSR count). The second-order valence-electron chi connectivity index (χ2n) is 3.33. The number of amides is 1. The van der Waals surface area contributed by atoms with Crippen molar-refractivity contribution in [2.24, 2.45) is 0 Å². The molecule has 5 nitrogen and oxygen atoms in total. The molecule has 0 unspecified atom stereocenters. The second kappa shape index (κ2) is 4.46. The van der Waals surface area contributed by atoms with Gasteiger partial charge in [0.05, 0.1) is 5.56 Å². The fourth-order valence-corrected chi connectivity index (χ4v) is 1.81. The molecule has 7 heteroatoms.